The lowest BCUT2D eigenvalue weighted by Crippen LogP contribution is -2.35. The maximum absolute atomic E-state index is 11.1. The first-order valence-corrected chi connectivity index (χ1v) is 4.85. The van der Waals surface area contributed by atoms with Crippen molar-refractivity contribution in [3.8, 4) is 0 Å². The number of Topliss-reactive ketones (excluding diaryl/α,β-unsaturated/α-hetero) is 1. The number of hydrogen-bond donors (Lipinski definition) is 0. The predicted octanol–water partition coefficient (Wildman–Crippen LogP) is 2.40. The van der Waals surface area contributed by atoms with Crippen molar-refractivity contribution >= 4 is 5.78 Å². The Morgan fingerprint density at radius 3 is 2.82 bits per heavy atom. The minimum atomic E-state index is 0.506. The van der Waals surface area contributed by atoms with Gasteiger partial charge in [0.1, 0.15) is 5.78 Å². The van der Waals surface area contributed by atoms with E-state index >= 15 is 0 Å². The normalized spacial score (nSPS) is 41.9. The van der Waals surface area contributed by atoms with Gasteiger partial charge in [0.25, 0.3) is 0 Å². The summed E-state index contributed by atoms with van der Waals surface area (Å²) >= 11 is 0. The zero-order valence-electron chi connectivity index (χ0n) is 7.18. The lowest BCUT2D eigenvalue weighted by molar-refractivity contribution is -0.133. The van der Waals surface area contributed by atoms with Crippen LogP contribution in [0.3, 0.4) is 0 Å². The van der Waals surface area contributed by atoms with Crippen LogP contribution in [0.15, 0.2) is 0 Å². The van der Waals surface area contributed by atoms with Crippen molar-refractivity contribution in [2.45, 2.75) is 39.0 Å². The second kappa shape index (κ2) is 2.62. The summed E-state index contributed by atoms with van der Waals surface area (Å²) in [5, 5.41) is 0. The molecule has 0 aliphatic heterocycles. The summed E-state index contributed by atoms with van der Waals surface area (Å²) in [5.74, 6) is 2.77. The van der Waals surface area contributed by atoms with Crippen molar-refractivity contribution in [2.24, 2.45) is 17.8 Å². The highest BCUT2D eigenvalue weighted by Gasteiger charge is 2.47. The summed E-state index contributed by atoms with van der Waals surface area (Å²) in [5.41, 5.74) is 0. The number of fused-ring (bicyclic) bond motifs is 1. The summed E-state index contributed by atoms with van der Waals surface area (Å²) < 4.78 is 0. The van der Waals surface area contributed by atoms with Gasteiger partial charge in [0.15, 0.2) is 0 Å². The fraction of sp³-hybridized carbons (Fsp3) is 0.900. The lowest BCUT2D eigenvalue weighted by Gasteiger charge is -2.32. The molecule has 2 fully saturated rings. The van der Waals surface area contributed by atoms with Gasteiger partial charge in [0.2, 0.25) is 0 Å². The molecule has 2 rings (SSSR count). The Morgan fingerprint density at radius 1 is 1.45 bits per heavy atom. The minimum Gasteiger partial charge on any atom is -0.299 e. The molecule has 0 aromatic heterocycles. The third-order valence-electron chi connectivity index (χ3n) is 3.48. The molecular weight excluding hydrogens is 136 g/mol. The highest BCUT2D eigenvalue weighted by Crippen LogP contribution is 2.49. The molecular formula is C10H16O. The van der Waals surface area contributed by atoms with Gasteiger partial charge in [-0.1, -0.05) is 19.8 Å². The van der Waals surface area contributed by atoms with Crippen molar-refractivity contribution in [3.63, 3.8) is 0 Å². The average Bonchev–Trinajstić information content (AvgIpc) is 2.28. The van der Waals surface area contributed by atoms with Crippen LogP contribution in [0.2, 0.25) is 0 Å². The number of carbonyl (C=O) groups is 1. The molecule has 0 unspecified atom stereocenters. The van der Waals surface area contributed by atoms with E-state index in [4.69, 9.17) is 0 Å². The van der Waals surface area contributed by atoms with Crippen LogP contribution in [-0.2, 0) is 4.79 Å². The highest BCUT2D eigenvalue weighted by molar-refractivity contribution is 5.87. The average molecular weight is 152 g/mol. The highest BCUT2D eigenvalue weighted by atomic mass is 16.1. The van der Waals surface area contributed by atoms with Crippen molar-refractivity contribution in [1.29, 1.82) is 0 Å². The van der Waals surface area contributed by atoms with E-state index < -0.39 is 0 Å². The van der Waals surface area contributed by atoms with E-state index in [1.165, 1.54) is 25.7 Å². The van der Waals surface area contributed by atoms with E-state index in [0.29, 0.717) is 11.7 Å². The van der Waals surface area contributed by atoms with E-state index in [9.17, 15) is 4.79 Å². The lowest BCUT2D eigenvalue weighted by atomic mass is 9.71. The summed E-state index contributed by atoms with van der Waals surface area (Å²) in [6.45, 7) is 2.24. The third-order valence-corrected chi connectivity index (χ3v) is 3.48. The molecule has 0 saturated heterocycles. The van der Waals surface area contributed by atoms with Crippen molar-refractivity contribution in [3.05, 3.63) is 0 Å². The second-order valence-corrected chi connectivity index (χ2v) is 4.07. The first-order chi connectivity index (χ1) is 5.33. The van der Waals surface area contributed by atoms with Crippen LogP contribution in [0.25, 0.3) is 0 Å². The molecule has 2 aliphatic carbocycles. The van der Waals surface area contributed by atoms with Crippen LogP contribution in [-0.4, -0.2) is 5.78 Å². The molecule has 3 atom stereocenters. The van der Waals surface area contributed by atoms with E-state index in [1.807, 2.05) is 0 Å². The van der Waals surface area contributed by atoms with Crippen LogP contribution in [0.1, 0.15) is 39.0 Å². The minimum absolute atomic E-state index is 0.506. The fourth-order valence-electron chi connectivity index (χ4n) is 2.81. The predicted molar refractivity (Wildman–Crippen MR) is 44.2 cm³/mol. The zero-order chi connectivity index (χ0) is 7.84. The topological polar surface area (TPSA) is 17.1 Å². The SMILES string of the molecule is CCC[C@H]1CC[C@H]2C(=O)C[C@@H]12. The van der Waals surface area contributed by atoms with Gasteiger partial charge in [-0.2, -0.15) is 0 Å². The van der Waals surface area contributed by atoms with E-state index in [2.05, 4.69) is 6.92 Å². The maximum Gasteiger partial charge on any atom is 0.136 e. The standard InChI is InChI=1S/C10H16O/c1-2-3-7-4-5-8-9(7)6-10(8)11/h7-9H,2-6H2,1H3/t7-,8+,9-/m0/s1. The second-order valence-electron chi connectivity index (χ2n) is 4.07. The first kappa shape index (κ1) is 7.33. The molecule has 2 aliphatic rings. The molecule has 62 valence electrons. The van der Waals surface area contributed by atoms with Gasteiger partial charge in [-0.25, -0.2) is 0 Å². The maximum atomic E-state index is 11.1. The van der Waals surface area contributed by atoms with Gasteiger partial charge < -0.3 is 0 Å². The first-order valence-electron chi connectivity index (χ1n) is 4.85. The van der Waals surface area contributed by atoms with Crippen LogP contribution < -0.4 is 0 Å². The van der Waals surface area contributed by atoms with Crippen LogP contribution >= 0.6 is 0 Å². The zero-order valence-corrected chi connectivity index (χ0v) is 7.18. The van der Waals surface area contributed by atoms with Crippen LogP contribution in [0.5, 0.6) is 0 Å². The molecule has 1 nitrogen and oxygen atoms in total. The van der Waals surface area contributed by atoms with Crippen molar-refractivity contribution in [2.75, 3.05) is 0 Å². The fourth-order valence-corrected chi connectivity index (χ4v) is 2.81. The van der Waals surface area contributed by atoms with Crippen molar-refractivity contribution < 1.29 is 4.79 Å². The number of rotatable bonds is 2. The van der Waals surface area contributed by atoms with Gasteiger partial charge >= 0.3 is 0 Å². The number of carbonyl (C=O) groups excluding carboxylic acids is 1. The molecule has 0 aromatic carbocycles. The molecule has 0 N–H and O–H groups in total. The number of ketones is 1. The van der Waals surface area contributed by atoms with Gasteiger partial charge in [-0.15, -0.1) is 0 Å². The molecule has 0 amide bonds. The molecule has 11 heavy (non-hydrogen) atoms. The Kier molecular flexibility index (Phi) is 1.74. The summed E-state index contributed by atoms with van der Waals surface area (Å²) in [6.07, 6.45) is 6.09. The van der Waals surface area contributed by atoms with Gasteiger partial charge in [0, 0.05) is 12.3 Å². The molecule has 0 bridgehead atoms. The largest absolute Gasteiger partial charge is 0.299 e. The molecule has 0 radical (unpaired) electrons. The monoisotopic (exact) mass is 152 g/mol. The molecule has 2 saturated carbocycles. The summed E-state index contributed by atoms with van der Waals surface area (Å²) in [6, 6.07) is 0. The number of hydrogen-bond acceptors (Lipinski definition) is 1. The quantitative estimate of drug-likeness (QED) is 0.593. The smallest absolute Gasteiger partial charge is 0.136 e. The van der Waals surface area contributed by atoms with Gasteiger partial charge in [-0.3, -0.25) is 4.79 Å². The van der Waals surface area contributed by atoms with Crippen LogP contribution in [0.4, 0.5) is 0 Å². The molecule has 1 heteroatoms. The van der Waals surface area contributed by atoms with Gasteiger partial charge in [-0.05, 0) is 24.7 Å². The molecule has 0 spiro atoms. The molecule has 0 heterocycles. The van der Waals surface area contributed by atoms with E-state index in [1.54, 1.807) is 0 Å². The Bertz CT molecular complexity index is 174. The third kappa shape index (κ3) is 1.02. The summed E-state index contributed by atoms with van der Waals surface area (Å²) in [7, 11) is 0. The Hall–Kier alpha value is -0.330. The van der Waals surface area contributed by atoms with E-state index in [0.717, 1.165) is 18.3 Å². The Balaban J connectivity index is 1.93. The van der Waals surface area contributed by atoms with Crippen molar-refractivity contribution in [1.82, 2.24) is 0 Å². The van der Waals surface area contributed by atoms with Crippen LogP contribution in [0, 0.1) is 17.8 Å². The van der Waals surface area contributed by atoms with Gasteiger partial charge in [0.05, 0.1) is 0 Å². The Morgan fingerprint density at radius 2 is 2.27 bits per heavy atom. The molecule has 0 aromatic rings. The Labute approximate surface area is 68.2 Å². The summed E-state index contributed by atoms with van der Waals surface area (Å²) in [4.78, 5) is 11.1. The van der Waals surface area contributed by atoms with E-state index in [-0.39, 0.29) is 0 Å².